The van der Waals surface area contributed by atoms with Gasteiger partial charge in [-0.3, -0.25) is 0 Å². The molecule has 1 aromatic carbocycles. The molecule has 0 radical (unpaired) electrons. The van der Waals surface area contributed by atoms with Crippen LogP contribution in [0.3, 0.4) is 0 Å². The normalized spacial score (nSPS) is 11.0. The highest BCUT2D eigenvalue weighted by molar-refractivity contribution is 5.94. The molecule has 0 aliphatic heterocycles. The first-order valence-electron chi connectivity index (χ1n) is 6.08. The molecule has 0 saturated heterocycles. The summed E-state index contributed by atoms with van der Waals surface area (Å²) in [4.78, 5) is 15.2. The average molecular weight is 299 g/mol. The lowest BCUT2D eigenvalue weighted by Gasteiger charge is -2.14. The van der Waals surface area contributed by atoms with Crippen LogP contribution in [-0.2, 0) is 4.74 Å². The number of carbonyl (C=O) groups excluding carboxylic acids is 1. The number of rotatable bonds is 3. The van der Waals surface area contributed by atoms with E-state index >= 15 is 0 Å². The highest BCUT2D eigenvalue weighted by Gasteiger charge is 2.22. The Hall–Kier alpha value is -2.31. The van der Waals surface area contributed by atoms with E-state index in [0.29, 0.717) is 6.07 Å². The number of halogens is 3. The highest BCUT2D eigenvalue weighted by atomic mass is 19.2. The van der Waals surface area contributed by atoms with Gasteiger partial charge in [-0.05, 0) is 13.8 Å². The Kier molecular flexibility index (Phi) is 4.02. The Bertz CT molecular complexity index is 716. The van der Waals surface area contributed by atoms with Crippen LogP contribution >= 0.6 is 0 Å². The maximum atomic E-state index is 13.9. The number of fused-ring (bicyclic) bond motifs is 1. The molecule has 4 nitrogen and oxygen atoms in total. The lowest BCUT2D eigenvalue weighted by atomic mass is 10.1. The number of ether oxygens (including phenoxy) is 2. The molecule has 21 heavy (non-hydrogen) atoms. The van der Waals surface area contributed by atoms with E-state index in [1.807, 2.05) is 0 Å². The predicted molar refractivity (Wildman–Crippen MR) is 68.7 cm³/mol. The third-order valence-electron chi connectivity index (χ3n) is 2.65. The fourth-order valence-electron chi connectivity index (χ4n) is 1.83. The second-order valence-electron chi connectivity index (χ2n) is 4.54. The van der Waals surface area contributed by atoms with Crippen molar-refractivity contribution in [2.24, 2.45) is 0 Å². The van der Waals surface area contributed by atoms with Crippen molar-refractivity contribution in [2.75, 3.05) is 7.11 Å². The molecule has 0 atom stereocenters. The van der Waals surface area contributed by atoms with Gasteiger partial charge in [-0.2, -0.15) is 0 Å². The van der Waals surface area contributed by atoms with Crippen molar-refractivity contribution < 1.29 is 27.4 Å². The molecule has 0 aliphatic rings. The van der Waals surface area contributed by atoms with Crippen LogP contribution in [0.4, 0.5) is 13.2 Å². The summed E-state index contributed by atoms with van der Waals surface area (Å²) in [5, 5.41) is -0.450. The van der Waals surface area contributed by atoms with Crippen molar-refractivity contribution in [1.82, 2.24) is 4.98 Å². The fraction of sp³-hybridized carbons (Fsp3) is 0.286. The van der Waals surface area contributed by atoms with Gasteiger partial charge >= 0.3 is 5.97 Å². The van der Waals surface area contributed by atoms with E-state index in [1.165, 1.54) is 0 Å². The number of pyridine rings is 1. The minimum Gasteiger partial charge on any atom is -0.490 e. The van der Waals surface area contributed by atoms with Crippen LogP contribution in [0.1, 0.15) is 24.3 Å². The number of esters is 1. The van der Waals surface area contributed by atoms with E-state index in [2.05, 4.69) is 9.72 Å². The molecule has 2 aromatic rings. The number of aromatic nitrogens is 1. The van der Waals surface area contributed by atoms with Crippen LogP contribution in [-0.4, -0.2) is 24.2 Å². The molecule has 7 heteroatoms. The summed E-state index contributed by atoms with van der Waals surface area (Å²) in [6, 6.07) is 1.46. The van der Waals surface area contributed by atoms with Crippen LogP contribution in [0.25, 0.3) is 10.9 Å². The van der Waals surface area contributed by atoms with Gasteiger partial charge in [0.2, 0.25) is 0 Å². The van der Waals surface area contributed by atoms with Gasteiger partial charge in [-0.1, -0.05) is 0 Å². The third kappa shape index (κ3) is 2.76. The van der Waals surface area contributed by atoms with Crippen molar-refractivity contribution in [3.05, 3.63) is 35.3 Å². The van der Waals surface area contributed by atoms with E-state index in [1.54, 1.807) is 13.8 Å². The standard InChI is InChI=1S/C14H12F3NO3/c1-6(2)21-10-5-9(14(19)20-3)18-13-8(16)4-7(15)12(17)11(10)13/h4-6H,1-3H3. The number of methoxy groups -OCH3 is 1. The van der Waals surface area contributed by atoms with Crippen LogP contribution < -0.4 is 4.74 Å². The summed E-state index contributed by atoms with van der Waals surface area (Å²) in [5.41, 5.74) is -0.752. The molecular formula is C14H12F3NO3. The zero-order valence-electron chi connectivity index (χ0n) is 11.5. The first-order valence-corrected chi connectivity index (χ1v) is 6.08. The summed E-state index contributed by atoms with van der Waals surface area (Å²) >= 11 is 0. The van der Waals surface area contributed by atoms with Crippen molar-refractivity contribution in [3.63, 3.8) is 0 Å². The van der Waals surface area contributed by atoms with Crippen molar-refractivity contribution >= 4 is 16.9 Å². The molecule has 2 rings (SSSR count). The number of carbonyl (C=O) groups is 1. The van der Waals surface area contributed by atoms with E-state index in [0.717, 1.165) is 13.2 Å². The second kappa shape index (κ2) is 5.59. The quantitative estimate of drug-likeness (QED) is 0.645. The molecule has 0 saturated carbocycles. The number of benzene rings is 1. The summed E-state index contributed by atoms with van der Waals surface area (Å²) < 4.78 is 50.9. The Morgan fingerprint density at radius 2 is 1.86 bits per heavy atom. The van der Waals surface area contributed by atoms with E-state index in [-0.39, 0.29) is 11.4 Å². The fourth-order valence-corrected chi connectivity index (χ4v) is 1.83. The monoisotopic (exact) mass is 299 g/mol. The lowest BCUT2D eigenvalue weighted by Crippen LogP contribution is -2.11. The van der Waals surface area contributed by atoms with Gasteiger partial charge in [0.05, 0.1) is 18.6 Å². The minimum absolute atomic E-state index is 0.175. The van der Waals surface area contributed by atoms with Gasteiger partial charge in [0.25, 0.3) is 0 Å². The SMILES string of the molecule is COC(=O)c1cc(OC(C)C)c2c(F)c(F)cc(F)c2n1. The van der Waals surface area contributed by atoms with Gasteiger partial charge in [0.1, 0.15) is 11.3 Å². The smallest absolute Gasteiger partial charge is 0.356 e. The van der Waals surface area contributed by atoms with E-state index in [9.17, 15) is 18.0 Å². The molecule has 0 N–H and O–H groups in total. The van der Waals surface area contributed by atoms with E-state index in [4.69, 9.17) is 4.74 Å². The van der Waals surface area contributed by atoms with Gasteiger partial charge < -0.3 is 9.47 Å². The van der Waals surface area contributed by atoms with Crippen molar-refractivity contribution in [1.29, 1.82) is 0 Å². The topological polar surface area (TPSA) is 48.4 Å². The zero-order valence-corrected chi connectivity index (χ0v) is 11.5. The molecule has 0 bridgehead atoms. The molecule has 1 heterocycles. The van der Waals surface area contributed by atoms with Gasteiger partial charge in [0.15, 0.2) is 23.1 Å². The minimum atomic E-state index is -1.36. The Labute approximate surface area is 118 Å². The summed E-state index contributed by atoms with van der Waals surface area (Å²) in [7, 11) is 1.12. The molecule has 1 aromatic heterocycles. The molecular weight excluding hydrogens is 287 g/mol. The summed E-state index contributed by atoms with van der Waals surface area (Å²) in [6.45, 7) is 3.30. The average Bonchev–Trinajstić information content (AvgIpc) is 2.42. The maximum absolute atomic E-state index is 13.9. The van der Waals surface area contributed by atoms with Crippen molar-refractivity contribution in [2.45, 2.75) is 20.0 Å². The molecule has 0 unspecified atom stereocenters. The number of nitrogens with zero attached hydrogens (tertiary/aromatic N) is 1. The van der Waals surface area contributed by atoms with Crippen molar-refractivity contribution in [3.8, 4) is 5.75 Å². The Morgan fingerprint density at radius 3 is 2.43 bits per heavy atom. The molecule has 0 amide bonds. The van der Waals surface area contributed by atoms with Crippen LogP contribution in [0, 0.1) is 17.5 Å². The van der Waals surface area contributed by atoms with Gasteiger partial charge in [-0.25, -0.2) is 22.9 Å². The highest BCUT2D eigenvalue weighted by Crippen LogP contribution is 2.32. The maximum Gasteiger partial charge on any atom is 0.356 e. The van der Waals surface area contributed by atoms with Crippen LogP contribution in [0.15, 0.2) is 12.1 Å². The number of hydrogen-bond donors (Lipinski definition) is 0. The van der Waals surface area contributed by atoms with E-state index < -0.39 is 40.4 Å². The molecule has 0 fully saturated rings. The largest absolute Gasteiger partial charge is 0.490 e. The van der Waals surface area contributed by atoms with Crippen LogP contribution in [0.5, 0.6) is 5.75 Å². The lowest BCUT2D eigenvalue weighted by molar-refractivity contribution is 0.0593. The van der Waals surface area contributed by atoms with Crippen LogP contribution in [0.2, 0.25) is 0 Å². The first kappa shape index (κ1) is 15.1. The molecule has 0 spiro atoms. The summed E-state index contributed by atoms with van der Waals surface area (Å²) in [5.74, 6) is -4.75. The van der Waals surface area contributed by atoms with Gasteiger partial charge in [0, 0.05) is 12.1 Å². The first-order chi connectivity index (χ1) is 9.85. The summed E-state index contributed by atoms with van der Waals surface area (Å²) in [6.07, 6.45) is -0.396. The number of hydrogen-bond acceptors (Lipinski definition) is 4. The predicted octanol–water partition coefficient (Wildman–Crippen LogP) is 3.23. The molecule has 0 aliphatic carbocycles. The second-order valence-corrected chi connectivity index (χ2v) is 4.54. The molecule has 112 valence electrons. The zero-order chi connectivity index (χ0) is 15.7. The Balaban J connectivity index is 2.84. The third-order valence-corrected chi connectivity index (χ3v) is 2.65. The Morgan fingerprint density at radius 1 is 1.19 bits per heavy atom. The van der Waals surface area contributed by atoms with Gasteiger partial charge in [-0.15, -0.1) is 0 Å².